The number of hydrogen-bond donors (Lipinski definition) is 1. The highest BCUT2D eigenvalue weighted by atomic mass is 127. The first kappa shape index (κ1) is 31.3. The predicted molar refractivity (Wildman–Crippen MR) is 176 cm³/mol. The van der Waals surface area contributed by atoms with Crippen molar-refractivity contribution in [1.29, 1.82) is 0 Å². The Hall–Kier alpha value is -5.11. The first-order chi connectivity index (χ1) is 21.7. The van der Waals surface area contributed by atoms with Crippen LogP contribution in [0.1, 0.15) is 38.8 Å². The lowest BCUT2D eigenvalue weighted by molar-refractivity contribution is -0.384. The molecule has 1 amide bonds. The number of hydrazone groups is 1. The highest BCUT2D eigenvalue weighted by Crippen LogP contribution is 2.34. The molecule has 1 N–H and O–H groups in total. The summed E-state index contributed by atoms with van der Waals surface area (Å²) in [5, 5.41) is 14.9. The van der Waals surface area contributed by atoms with Crippen LogP contribution >= 0.6 is 22.6 Å². The molecule has 45 heavy (non-hydrogen) atoms. The van der Waals surface area contributed by atoms with E-state index in [0.717, 1.165) is 26.2 Å². The van der Waals surface area contributed by atoms with Gasteiger partial charge in [0.25, 0.3) is 5.69 Å². The van der Waals surface area contributed by atoms with Crippen molar-refractivity contribution in [2.45, 2.75) is 27.1 Å². The minimum atomic E-state index is -0.510. The van der Waals surface area contributed by atoms with Crippen molar-refractivity contribution < 1.29 is 28.3 Å². The molecular formula is C33H29IN4O7. The van der Waals surface area contributed by atoms with Gasteiger partial charge in [0.2, 0.25) is 0 Å². The van der Waals surface area contributed by atoms with Gasteiger partial charge in [-0.05, 0) is 120 Å². The standard InChI is InChI=1S/C33H29IN4O7/c1-21-4-5-22(2)37(21)25-10-12-27(13-11-25)43-20-28-14-15-30(45-28)33(39)36-35-18-24-16-29(34)32(31(17-24)42-3)44-19-23-6-8-26(9-7-23)38(40)41/h4-18H,19-20H2,1-3H3,(H,36,39)/b35-18+. The van der Waals surface area contributed by atoms with E-state index < -0.39 is 10.8 Å². The number of ether oxygens (including phenoxy) is 3. The van der Waals surface area contributed by atoms with Crippen LogP contribution in [0.15, 0.2) is 94.4 Å². The second-order valence-electron chi connectivity index (χ2n) is 9.95. The SMILES string of the molecule is COc1cc(/C=N/NC(=O)c2ccc(COc3ccc(-n4c(C)ccc4C)cc3)o2)cc(I)c1OCc1ccc([N+](=O)[O-])cc1. The summed E-state index contributed by atoms with van der Waals surface area (Å²) in [5.41, 5.74) is 7.28. The van der Waals surface area contributed by atoms with Crippen molar-refractivity contribution in [2.75, 3.05) is 7.11 Å². The fraction of sp³-hybridized carbons (Fsp3) is 0.152. The van der Waals surface area contributed by atoms with Crippen LogP contribution in [0.2, 0.25) is 0 Å². The Bertz CT molecular complexity index is 1820. The van der Waals surface area contributed by atoms with Gasteiger partial charge in [-0.3, -0.25) is 14.9 Å². The third-order valence-electron chi connectivity index (χ3n) is 6.79. The zero-order chi connectivity index (χ0) is 31.9. The maximum atomic E-state index is 12.6. The lowest BCUT2D eigenvalue weighted by Gasteiger charge is -2.13. The second kappa shape index (κ2) is 14.1. The van der Waals surface area contributed by atoms with Gasteiger partial charge in [-0.2, -0.15) is 5.10 Å². The summed E-state index contributed by atoms with van der Waals surface area (Å²) in [6.45, 7) is 4.49. The van der Waals surface area contributed by atoms with E-state index in [9.17, 15) is 14.9 Å². The number of aryl methyl sites for hydroxylation is 2. The molecule has 2 heterocycles. The van der Waals surface area contributed by atoms with Gasteiger partial charge in [0, 0.05) is 29.2 Å². The molecule has 230 valence electrons. The number of amides is 1. The van der Waals surface area contributed by atoms with Gasteiger partial charge in [0.15, 0.2) is 17.3 Å². The van der Waals surface area contributed by atoms with Crippen LogP contribution in [-0.4, -0.2) is 28.7 Å². The van der Waals surface area contributed by atoms with E-state index in [1.807, 2.05) is 30.3 Å². The third kappa shape index (κ3) is 7.70. The van der Waals surface area contributed by atoms with Gasteiger partial charge in [0.1, 0.15) is 24.7 Å². The molecular weight excluding hydrogens is 691 g/mol. The Morgan fingerprint density at radius 1 is 0.978 bits per heavy atom. The molecule has 0 fully saturated rings. The lowest BCUT2D eigenvalue weighted by atomic mass is 10.2. The van der Waals surface area contributed by atoms with E-state index in [-0.39, 0.29) is 24.7 Å². The number of aromatic nitrogens is 1. The first-order valence-corrected chi connectivity index (χ1v) is 14.8. The lowest BCUT2D eigenvalue weighted by Crippen LogP contribution is -2.16. The number of rotatable bonds is 12. The minimum absolute atomic E-state index is 0.0131. The zero-order valence-corrected chi connectivity index (χ0v) is 26.8. The molecule has 0 saturated carbocycles. The highest BCUT2D eigenvalue weighted by molar-refractivity contribution is 14.1. The van der Waals surface area contributed by atoms with E-state index in [4.69, 9.17) is 18.6 Å². The predicted octanol–water partition coefficient (Wildman–Crippen LogP) is 7.13. The Labute approximate surface area is 272 Å². The van der Waals surface area contributed by atoms with Crippen molar-refractivity contribution in [2.24, 2.45) is 5.10 Å². The van der Waals surface area contributed by atoms with Gasteiger partial charge < -0.3 is 23.2 Å². The Balaban J connectivity index is 1.14. The van der Waals surface area contributed by atoms with Gasteiger partial charge in [-0.25, -0.2) is 5.43 Å². The fourth-order valence-corrected chi connectivity index (χ4v) is 5.32. The Kier molecular flexibility index (Phi) is 9.82. The molecule has 0 atom stereocenters. The highest BCUT2D eigenvalue weighted by Gasteiger charge is 2.14. The second-order valence-corrected chi connectivity index (χ2v) is 11.1. The number of carbonyl (C=O) groups is 1. The maximum absolute atomic E-state index is 12.6. The van der Waals surface area contributed by atoms with E-state index in [1.165, 1.54) is 25.5 Å². The van der Waals surface area contributed by atoms with Crippen LogP contribution in [0.4, 0.5) is 5.69 Å². The molecule has 0 aliphatic heterocycles. The minimum Gasteiger partial charge on any atom is -0.493 e. The summed E-state index contributed by atoms with van der Waals surface area (Å²) in [7, 11) is 1.52. The van der Waals surface area contributed by atoms with Gasteiger partial charge in [0.05, 0.1) is 21.8 Å². The number of nitro benzene ring substituents is 1. The number of non-ortho nitro benzene ring substituents is 1. The number of halogens is 1. The number of nitro groups is 1. The van der Waals surface area contributed by atoms with E-state index in [0.29, 0.717) is 28.6 Å². The summed E-state index contributed by atoms with van der Waals surface area (Å²) in [6, 6.07) is 24.9. The number of methoxy groups -OCH3 is 1. The summed E-state index contributed by atoms with van der Waals surface area (Å²) >= 11 is 2.12. The molecule has 0 unspecified atom stereocenters. The van der Waals surface area contributed by atoms with E-state index >= 15 is 0 Å². The Morgan fingerprint density at radius 2 is 1.69 bits per heavy atom. The van der Waals surface area contributed by atoms with Crippen LogP contribution in [-0.2, 0) is 13.2 Å². The number of nitrogens with one attached hydrogen (secondary N) is 1. The number of benzene rings is 3. The normalized spacial score (nSPS) is 11.0. The number of carbonyl (C=O) groups excluding carboxylic acids is 1. The molecule has 0 radical (unpaired) electrons. The van der Waals surface area contributed by atoms with Crippen molar-refractivity contribution in [3.63, 3.8) is 0 Å². The number of nitrogens with zero attached hydrogens (tertiary/aromatic N) is 3. The van der Waals surface area contributed by atoms with Gasteiger partial charge >= 0.3 is 5.91 Å². The van der Waals surface area contributed by atoms with Crippen LogP contribution in [0.5, 0.6) is 17.2 Å². The van der Waals surface area contributed by atoms with E-state index in [1.54, 1.807) is 30.3 Å². The summed E-state index contributed by atoms with van der Waals surface area (Å²) in [6.07, 6.45) is 1.48. The first-order valence-electron chi connectivity index (χ1n) is 13.8. The summed E-state index contributed by atoms with van der Waals surface area (Å²) < 4.78 is 25.8. The van der Waals surface area contributed by atoms with Crippen LogP contribution in [0.25, 0.3) is 5.69 Å². The molecule has 12 heteroatoms. The maximum Gasteiger partial charge on any atom is 0.307 e. The van der Waals surface area contributed by atoms with Gasteiger partial charge in [-0.1, -0.05) is 0 Å². The fourth-order valence-electron chi connectivity index (χ4n) is 4.54. The molecule has 3 aromatic carbocycles. The summed E-state index contributed by atoms with van der Waals surface area (Å²) in [4.78, 5) is 23.0. The molecule has 0 spiro atoms. The number of furan rings is 1. The summed E-state index contributed by atoms with van der Waals surface area (Å²) in [5.74, 6) is 1.75. The third-order valence-corrected chi connectivity index (χ3v) is 7.60. The molecule has 5 aromatic rings. The average Bonchev–Trinajstić information content (AvgIpc) is 3.65. The van der Waals surface area contributed by atoms with Crippen LogP contribution < -0.4 is 19.6 Å². The average molecular weight is 721 g/mol. The smallest absolute Gasteiger partial charge is 0.307 e. The van der Waals surface area contributed by atoms with Gasteiger partial charge in [-0.15, -0.1) is 0 Å². The molecule has 0 saturated heterocycles. The molecule has 11 nitrogen and oxygen atoms in total. The Morgan fingerprint density at radius 3 is 2.36 bits per heavy atom. The molecule has 0 aliphatic rings. The molecule has 2 aromatic heterocycles. The molecule has 0 aliphatic carbocycles. The van der Waals surface area contributed by atoms with Crippen molar-refractivity contribution in [3.8, 4) is 22.9 Å². The monoisotopic (exact) mass is 720 g/mol. The molecule has 5 rings (SSSR count). The largest absolute Gasteiger partial charge is 0.493 e. The topological polar surface area (TPSA) is 130 Å². The number of hydrogen-bond acceptors (Lipinski definition) is 8. The van der Waals surface area contributed by atoms with Crippen molar-refractivity contribution in [3.05, 3.63) is 133 Å². The molecule has 0 bridgehead atoms. The van der Waals surface area contributed by atoms with E-state index in [2.05, 4.69) is 63.7 Å². The zero-order valence-electron chi connectivity index (χ0n) is 24.7. The van der Waals surface area contributed by atoms with Crippen LogP contribution in [0.3, 0.4) is 0 Å². The van der Waals surface area contributed by atoms with Crippen molar-refractivity contribution in [1.82, 2.24) is 9.99 Å². The van der Waals surface area contributed by atoms with Crippen LogP contribution in [0, 0.1) is 27.5 Å². The van der Waals surface area contributed by atoms with Crippen molar-refractivity contribution >= 4 is 40.4 Å². The quantitative estimate of drug-likeness (QED) is 0.0628.